The molecule has 0 aromatic heterocycles. The maximum atomic E-state index is 12.0. The molecule has 0 fully saturated rings. The summed E-state index contributed by atoms with van der Waals surface area (Å²) in [5.41, 5.74) is 3.68. The third-order valence-electron chi connectivity index (χ3n) is 4.65. The van der Waals surface area contributed by atoms with Gasteiger partial charge in [-0.2, -0.15) is 0 Å². The van der Waals surface area contributed by atoms with Crippen molar-refractivity contribution in [3.05, 3.63) is 66.2 Å². The summed E-state index contributed by atoms with van der Waals surface area (Å²) < 4.78 is 5.86. The Morgan fingerprint density at radius 2 is 1.76 bits per heavy atom. The summed E-state index contributed by atoms with van der Waals surface area (Å²) in [5.74, 6) is 0.143. The highest BCUT2D eigenvalue weighted by Gasteiger charge is 2.23. The average Bonchev–Trinajstić information content (AvgIpc) is 2.71. The number of carbonyl (C=O) groups is 2. The predicted octanol–water partition coefficient (Wildman–Crippen LogP) is 3.60. The normalized spacial score (nSPS) is 15.9. The molecule has 3 amide bonds. The number of aliphatic imine (C=N–C) groups is 1. The number of para-hydroxylation sites is 1. The van der Waals surface area contributed by atoms with Crippen molar-refractivity contribution in [3.8, 4) is 16.9 Å². The minimum absolute atomic E-state index is 0.219. The fourth-order valence-electron chi connectivity index (χ4n) is 3.19. The van der Waals surface area contributed by atoms with Crippen LogP contribution >= 0.6 is 0 Å². The minimum atomic E-state index is -0.404. The number of amides is 3. The van der Waals surface area contributed by atoms with Crippen molar-refractivity contribution in [3.63, 3.8) is 0 Å². The monoisotopic (exact) mass is 391 g/mol. The van der Waals surface area contributed by atoms with Crippen molar-refractivity contribution in [2.45, 2.75) is 13.8 Å². The van der Waals surface area contributed by atoms with Gasteiger partial charge in [-0.25, -0.2) is 9.79 Å². The topological polar surface area (TPSA) is 79.8 Å². The molecule has 6 heteroatoms. The quantitative estimate of drug-likeness (QED) is 0.708. The largest absolute Gasteiger partial charge is 0.491 e. The Labute approximate surface area is 170 Å². The zero-order chi connectivity index (χ0) is 20.6. The van der Waals surface area contributed by atoms with Crippen LogP contribution in [0.5, 0.6) is 5.75 Å². The Morgan fingerprint density at radius 3 is 2.52 bits per heavy atom. The average molecular weight is 391 g/mol. The Morgan fingerprint density at radius 1 is 1.03 bits per heavy atom. The van der Waals surface area contributed by atoms with Crippen LogP contribution in [0.15, 0.2) is 71.2 Å². The van der Waals surface area contributed by atoms with Crippen molar-refractivity contribution in [2.75, 3.05) is 19.7 Å². The van der Waals surface area contributed by atoms with E-state index in [1.165, 1.54) is 0 Å². The van der Waals surface area contributed by atoms with Gasteiger partial charge in [-0.15, -0.1) is 0 Å². The van der Waals surface area contributed by atoms with Gasteiger partial charge >= 0.3 is 6.03 Å². The first-order chi connectivity index (χ1) is 14.0. The molecule has 2 aromatic rings. The summed E-state index contributed by atoms with van der Waals surface area (Å²) in [6.07, 6.45) is 1.86. The summed E-state index contributed by atoms with van der Waals surface area (Å²) in [7, 11) is 0. The first-order valence-corrected chi connectivity index (χ1v) is 9.61. The lowest BCUT2D eigenvalue weighted by atomic mass is 9.96. The minimum Gasteiger partial charge on any atom is -0.491 e. The molecule has 1 heterocycles. The molecule has 0 spiro atoms. The van der Waals surface area contributed by atoms with Crippen LogP contribution in [0.2, 0.25) is 0 Å². The second kappa shape index (κ2) is 9.68. The van der Waals surface area contributed by atoms with E-state index in [0.717, 1.165) is 22.4 Å². The van der Waals surface area contributed by atoms with Gasteiger partial charge in [-0.05, 0) is 31.6 Å². The van der Waals surface area contributed by atoms with Crippen molar-refractivity contribution in [1.82, 2.24) is 10.6 Å². The summed E-state index contributed by atoms with van der Waals surface area (Å²) >= 11 is 0. The van der Waals surface area contributed by atoms with Gasteiger partial charge in [0.05, 0.1) is 12.5 Å². The molecule has 2 aromatic carbocycles. The molecule has 1 aliphatic rings. The molecule has 1 aliphatic heterocycles. The number of benzene rings is 2. The van der Waals surface area contributed by atoms with Crippen LogP contribution in [0.4, 0.5) is 4.79 Å². The summed E-state index contributed by atoms with van der Waals surface area (Å²) in [4.78, 5) is 27.9. The lowest BCUT2D eigenvalue weighted by molar-refractivity contribution is -0.120. The van der Waals surface area contributed by atoms with Crippen molar-refractivity contribution in [1.29, 1.82) is 0 Å². The van der Waals surface area contributed by atoms with E-state index >= 15 is 0 Å². The Hall–Kier alpha value is -3.41. The predicted molar refractivity (Wildman–Crippen MR) is 114 cm³/mol. The summed E-state index contributed by atoms with van der Waals surface area (Å²) in [6, 6.07) is 17.5. The van der Waals surface area contributed by atoms with E-state index < -0.39 is 5.92 Å². The molecule has 0 bridgehead atoms. The summed E-state index contributed by atoms with van der Waals surface area (Å²) in [5, 5.41) is 5.48. The van der Waals surface area contributed by atoms with Crippen LogP contribution in [0.25, 0.3) is 11.1 Å². The zero-order valence-electron chi connectivity index (χ0n) is 16.6. The zero-order valence-corrected chi connectivity index (χ0v) is 16.6. The van der Waals surface area contributed by atoms with Gasteiger partial charge in [0.25, 0.3) is 5.91 Å². The molecule has 1 atom stereocenters. The number of hydrogen-bond acceptors (Lipinski definition) is 3. The second-order valence-electron chi connectivity index (χ2n) is 6.88. The number of allylic oxidation sites excluding steroid dienone is 1. The molecule has 150 valence electrons. The maximum absolute atomic E-state index is 12.0. The van der Waals surface area contributed by atoms with Crippen molar-refractivity contribution < 1.29 is 14.3 Å². The molecule has 1 unspecified atom stereocenters. The number of hydrogen-bond donors (Lipinski definition) is 2. The number of ether oxygens (including phenoxy) is 1. The van der Waals surface area contributed by atoms with E-state index in [-0.39, 0.29) is 18.5 Å². The highest BCUT2D eigenvalue weighted by molar-refractivity contribution is 6.05. The highest BCUT2D eigenvalue weighted by atomic mass is 16.5. The van der Waals surface area contributed by atoms with Gasteiger partial charge in [0.15, 0.2) is 0 Å². The van der Waals surface area contributed by atoms with Crippen LogP contribution in [0.3, 0.4) is 0 Å². The molecule has 29 heavy (non-hydrogen) atoms. The number of urea groups is 1. The third-order valence-corrected chi connectivity index (χ3v) is 4.65. The lowest BCUT2D eigenvalue weighted by Crippen LogP contribution is -2.41. The Bertz CT molecular complexity index is 935. The fraction of sp³-hybridized carbons (Fsp3) is 0.261. The molecule has 0 radical (unpaired) electrons. The van der Waals surface area contributed by atoms with E-state index in [0.29, 0.717) is 18.9 Å². The molecule has 3 rings (SSSR count). The lowest BCUT2D eigenvalue weighted by Gasteiger charge is -2.19. The number of nitrogens with one attached hydrogen (secondary N) is 2. The van der Waals surface area contributed by atoms with E-state index in [1.807, 2.05) is 67.6 Å². The van der Waals surface area contributed by atoms with E-state index in [4.69, 9.17) is 4.74 Å². The SMILES string of the molecule is CC1=CC(C)=NC(=O)C1CNC(=O)NCCOc1ccccc1-c1ccccc1. The van der Waals surface area contributed by atoms with E-state index in [1.54, 1.807) is 6.92 Å². The van der Waals surface area contributed by atoms with Crippen LogP contribution in [0.1, 0.15) is 13.8 Å². The van der Waals surface area contributed by atoms with Crippen molar-refractivity contribution in [2.24, 2.45) is 10.9 Å². The molecular formula is C23H25N3O3. The third kappa shape index (κ3) is 5.54. The Balaban J connectivity index is 1.44. The van der Waals surface area contributed by atoms with Crippen LogP contribution in [-0.4, -0.2) is 37.3 Å². The van der Waals surface area contributed by atoms with Gasteiger partial charge in [0.1, 0.15) is 12.4 Å². The number of rotatable bonds is 7. The highest BCUT2D eigenvalue weighted by Crippen LogP contribution is 2.29. The molecule has 2 N–H and O–H groups in total. The van der Waals surface area contributed by atoms with Gasteiger partial charge in [-0.3, -0.25) is 4.79 Å². The first kappa shape index (κ1) is 20.3. The van der Waals surface area contributed by atoms with Crippen LogP contribution in [-0.2, 0) is 4.79 Å². The fourth-order valence-corrected chi connectivity index (χ4v) is 3.19. The second-order valence-corrected chi connectivity index (χ2v) is 6.88. The van der Waals surface area contributed by atoms with Gasteiger partial charge in [-0.1, -0.05) is 54.1 Å². The summed E-state index contributed by atoms with van der Waals surface area (Å²) in [6.45, 7) is 4.56. The molecule has 0 saturated carbocycles. The van der Waals surface area contributed by atoms with Crippen molar-refractivity contribution >= 4 is 17.6 Å². The number of dihydropyridines is 1. The van der Waals surface area contributed by atoms with Crippen LogP contribution in [0, 0.1) is 5.92 Å². The standard InChI is InChI=1S/C23H25N3O3/c1-16-14-17(2)26-22(27)20(16)15-25-23(28)24-12-13-29-21-11-7-6-10-19(21)18-8-4-3-5-9-18/h3-11,14,20H,12-13,15H2,1-2H3,(H2,24,25,28). The van der Waals surface area contributed by atoms with Crippen LogP contribution < -0.4 is 15.4 Å². The molecule has 6 nitrogen and oxygen atoms in total. The van der Waals surface area contributed by atoms with E-state index in [9.17, 15) is 9.59 Å². The maximum Gasteiger partial charge on any atom is 0.314 e. The van der Waals surface area contributed by atoms with Gasteiger partial charge in [0.2, 0.25) is 0 Å². The number of nitrogens with zero attached hydrogens (tertiary/aromatic N) is 1. The Kier molecular flexibility index (Phi) is 6.79. The first-order valence-electron chi connectivity index (χ1n) is 9.61. The van der Waals surface area contributed by atoms with Gasteiger partial charge < -0.3 is 15.4 Å². The van der Waals surface area contributed by atoms with E-state index in [2.05, 4.69) is 15.6 Å². The van der Waals surface area contributed by atoms with Gasteiger partial charge in [0, 0.05) is 17.8 Å². The smallest absolute Gasteiger partial charge is 0.314 e. The molecule has 0 aliphatic carbocycles. The number of carbonyl (C=O) groups excluding carboxylic acids is 2. The molecular weight excluding hydrogens is 366 g/mol. The molecule has 0 saturated heterocycles.